The van der Waals surface area contributed by atoms with E-state index in [2.05, 4.69) is 67.5 Å². The average molecular weight is 770 g/mol. The zero-order valence-corrected chi connectivity index (χ0v) is 28.8. The number of anilines is 4. The molecule has 2 aliphatic rings. The molecule has 0 saturated carbocycles. The van der Waals surface area contributed by atoms with E-state index in [0.29, 0.717) is 37.2 Å². The summed E-state index contributed by atoms with van der Waals surface area (Å²) in [7, 11) is 0. The molecule has 0 unspecified atom stereocenters. The lowest BCUT2D eigenvalue weighted by Gasteiger charge is -2.26. The van der Waals surface area contributed by atoms with E-state index in [9.17, 15) is 4.79 Å². The summed E-state index contributed by atoms with van der Waals surface area (Å²) in [6.45, 7) is 7.71. The highest BCUT2D eigenvalue weighted by molar-refractivity contribution is 9.10. The number of hydrogen-bond acceptors (Lipinski definition) is 11. The molecule has 16 nitrogen and oxygen atoms in total. The molecular formula is C29H30Br2N12O4. The van der Waals surface area contributed by atoms with Gasteiger partial charge < -0.3 is 19.5 Å². The lowest BCUT2D eigenvalue weighted by molar-refractivity contribution is 0.0477. The van der Waals surface area contributed by atoms with E-state index in [-0.39, 0.29) is 0 Å². The van der Waals surface area contributed by atoms with Crippen LogP contribution in [0.2, 0.25) is 0 Å². The maximum Gasteiger partial charge on any atom is 0.420 e. The molecule has 0 atom stereocenters. The molecule has 6 aromatic rings. The van der Waals surface area contributed by atoms with Crippen molar-refractivity contribution in [2.75, 3.05) is 23.4 Å². The van der Waals surface area contributed by atoms with Crippen LogP contribution in [0.25, 0.3) is 11.3 Å². The summed E-state index contributed by atoms with van der Waals surface area (Å²) in [5.74, 6) is 1.24. The Morgan fingerprint density at radius 1 is 0.872 bits per heavy atom. The predicted octanol–water partition coefficient (Wildman–Crippen LogP) is 5.25. The first-order chi connectivity index (χ1) is 22.6. The number of pyridine rings is 2. The zero-order chi connectivity index (χ0) is 32.7. The van der Waals surface area contributed by atoms with Crippen LogP contribution in [0.1, 0.15) is 32.2 Å². The van der Waals surface area contributed by atoms with Crippen LogP contribution < -0.4 is 10.2 Å². The SMILES string of the molecule is Brc1cc(Nc2cc3n(n2)COCC3)c2ncnn2c1.CC(C)(C)OC(=O)N(c1cc2n(n1)COCC2)c1cc(Br)cn2ncnc12. The zero-order valence-electron chi connectivity index (χ0n) is 25.7. The van der Waals surface area contributed by atoms with Crippen molar-refractivity contribution in [2.24, 2.45) is 0 Å². The Morgan fingerprint density at radius 3 is 2.15 bits per heavy atom. The fourth-order valence-electron chi connectivity index (χ4n) is 5.14. The van der Waals surface area contributed by atoms with Crippen molar-refractivity contribution in [3.8, 4) is 0 Å². The van der Waals surface area contributed by atoms with Crippen LogP contribution in [0.15, 0.2) is 58.3 Å². The first-order valence-electron chi connectivity index (χ1n) is 14.7. The second-order valence-corrected chi connectivity index (χ2v) is 13.5. The minimum absolute atomic E-state index is 0.357. The molecule has 8 rings (SSSR count). The first kappa shape index (κ1) is 31.2. The summed E-state index contributed by atoms with van der Waals surface area (Å²) < 4.78 is 25.0. The topological polar surface area (TPSA) is 156 Å². The van der Waals surface area contributed by atoms with Crippen molar-refractivity contribution in [3.05, 3.63) is 69.6 Å². The van der Waals surface area contributed by atoms with Crippen LogP contribution in [0, 0.1) is 0 Å². The monoisotopic (exact) mass is 768 g/mol. The molecule has 8 heterocycles. The van der Waals surface area contributed by atoms with E-state index in [1.54, 1.807) is 26.0 Å². The molecule has 0 aromatic carbocycles. The Hall–Kier alpha value is -4.39. The average Bonchev–Trinajstić information content (AvgIpc) is 3.81. The van der Waals surface area contributed by atoms with Crippen LogP contribution >= 0.6 is 31.9 Å². The van der Waals surface area contributed by atoms with E-state index in [1.165, 1.54) is 23.2 Å². The van der Waals surface area contributed by atoms with Gasteiger partial charge in [-0.3, -0.25) is 0 Å². The van der Waals surface area contributed by atoms with E-state index in [1.807, 2.05) is 49.8 Å². The number of carbonyl (C=O) groups is 1. The smallest absolute Gasteiger partial charge is 0.420 e. The largest absolute Gasteiger partial charge is 0.443 e. The summed E-state index contributed by atoms with van der Waals surface area (Å²) >= 11 is 6.93. The van der Waals surface area contributed by atoms with Gasteiger partial charge >= 0.3 is 6.09 Å². The number of aromatic nitrogens is 10. The molecule has 2 aliphatic heterocycles. The molecule has 1 N–H and O–H groups in total. The van der Waals surface area contributed by atoms with Gasteiger partial charge in [-0.15, -0.1) is 0 Å². The Morgan fingerprint density at radius 2 is 1.49 bits per heavy atom. The minimum Gasteiger partial charge on any atom is -0.443 e. The summed E-state index contributed by atoms with van der Waals surface area (Å²) in [6.07, 6.45) is 7.66. The van der Waals surface area contributed by atoms with E-state index in [4.69, 9.17) is 14.2 Å². The highest BCUT2D eigenvalue weighted by atomic mass is 79.9. The molecular weight excluding hydrogens is 740 g/mol. The van der Waals surface area contributed by atoms with Gasteiger partial charge in [0.05, 0.1) is 24.6 Å². The maximum absolute atomic E-state index is 13.1. The summed E-state index contributed by atoms with van der Waals surface area (Å²) in [5.41, 5.74) is 4.17. The third-order valence-corrected chi connectivity index (χ3v) is 7.99. The molecule has 1 amide bonds. The highest BCUT2D eigenvalue weighted by Gasteiger charge is 2.30. The normalized spacial score (nSPS) is 14.3. The number of fused-ring (bicyclic) bond motifs is 4. The van der Waals surface area contributed by atoms with Gasteiger partial charge in [-0.05, 0) is 64.8 Å². The Balaban J connectivity index is 0.000000156. The van der Waals surface area contributed by atoms with Gasteiger partial charge in [0.2, 0.25) is 0 Å². The van der Waals surface area contributed by atoms with Gasteiger partial charge in [-0.1, -0.05) is 0 Å². The van der Waals surface area contributed by atoms with Crippen LogP contribution in [-0.2, 0) is 40.5 Å². The third kappa shape index (κ3) is 6.71. The van der Waals surface area contributed by atoms with Crippen LogP contribution in [0.5, 0.6) is 0 Å². The fraction of sp³-hybridized carbons (Fsp3) is 0.345. The van der Waals surface area contributed by atoms with Crippen molar-refractivity contribution in [1.82, 2.24) is 48.8 Å². The third-order valence-electron chi connectivity index (χ3n) is 7.12. The number of rotatable bonds is 4. The Labute approximate surface area is 284 Å². The molecule has 47 heavy (non-hydrogen) atoms. The van der Waals surface area contributed by atoms with E-state index >= 15 is 0 Å². The number of nitrogens with one attached hydrogen (secondary N) is 1. The number of carbonyl (C=O) groups excluding carboxylic acids is 1. The molecule has 244 valence electrons. The Bertz CT molecular complexity index is 2030. The number of amides is 1. The van der Waals surface area contributed by atoms with Gasteiger partial charge in [-0.2, -0.15) is 20.4 Å². The molecule has 0 bridgehead atoms. The summed E-state index contributed by atoms with van der Waals surface area (Å²) in [5, 5.41) is 20.6. The molecule has 6 aromatic heterocycles. The van der Waals surface area contributed by atoms with Gasteiger partial charge in [-0.25, -0.2) is 38.1 Å². The number of nitrogens with zero attached hydrogens (tertiary/aromatic N) is 11. The van der Waals surface area contributed by atoms with Crippen LogP contribution in [0.4, 0.5) is 27.8 Å². The molecule has 0 saturated heterocycles. The van der Waals surface area contributed by atoms with E-state index < -0.39 is 11.7 Å². The lowest BCUT2D eigenvalue weighted by atomic mass is 10.2. The molecule has 0 aliphatic carbocycles. The second kappa shape index (κ2) is 12.7. The minimum atomic E-state index is -0.659. The number of halogens is 2. The van der Waals surface area contributed by atoms with Gasteiger partial charge in [0.15, 0.2) is 22.9 Å². The van der Waals surface area contributed by atoms with Gasteiger partial charge in [0.25, 0.3) is 0 Å². The van der Waals surface area contributed by atoms with Crippen molar-refractivity contribution >= 4 is 72.3 Å². The molecule has 18 heteroatoms. The summed E-state index contributed by atoms with van der Waals surface area (Å²) in [4.78, 5) is 23.1. The quantitative estimate of drug-likeness (QED) is 0.250. The highest BCUT2D eigenvalue weighted by Crippen LogP contribution is 2.33. The fourth-order valence-corrected chi connectivity index (χ4v) is 5.97. The number of ether oxygens (including phenoxy) is 3. The molecule has 0 fully saturated rings. The van der Waals surface area contributed by atoms with Crippen LogP contribution in [-0.4, -0.2) is 73.7 Å². The first-order valence-corrected chi connectivity index (χ1v) is 16.3. The van der Waals surface area contributed by atoms with Crippen LogP contribution in [0.3, 0.4) is 0 Å². The number of hydrogen-bond donors (Lipinski definition) is 1. The standard InChI is InChI=1S/C17H19BrN6O3.C12H11BrN6O/c1-17(2,3)27-16(25)24(14-7-12-4-5-26-10-23(12)21-14)13-6-11(18)8-22-15(13)19-9-20-22;13-8-3-10(12-14-6-15-18(12)5-8)16-11-4-9-1-2-20-7-19(9)17-11/h6-9H,4-5,10H2,1-3H3;3-6H,1-2,7H2,(H,16,17). The maximum atomic E-state index is 13.1. The predicted molar refractivity (Wildman–Crippen MR) is 177 cm³/mol. The lowest BCUT2D eigenvalue weighted by Crippen LogP contribution is -2.34. The Kier molecular flexibility index (Phi) is 8.41. The molecule has 0 spiro atoms. The van der Waals surface area contributed by atoms with Gasteiger partial charge in [0, 0.05) is 57.7 Å². The second-order valence-electron chi connectivity index (χ2n) is 11.7. The summed E-state index contributed by atoms with van der Waals surface area (Å²) in [6, 6.07) is 7.66. The van der Waals surface area contributed by atoms with Gasteiger partial charge in [0.1, 0.15) is 31.7 Å². The molecule has 0 radical (unpaired) electrons. The van der Waals surface area contributed by atoms with Crippen molar-refractivity contribution in [1.29, 1.82) is 0 Å². The van der Waals surface area contributed by atoms with Crippen molar-refractivity contribution in [2.45, 2.75) is 52.7 Å². The van der Waals surface area contributed by atoms with E-state index in [0.717, 1.165) is 51.2 Å². The van der Waals surface area contributed by atoms with Crippen molar-refractivity contribution < 1.29 is 19.0 Å². The van der Waals surface area contributed by atoms with Crippen molar-refractivity contribution in [3.63, 3.8) is 0 Å².